The first-order chi connectivity index (χ1) is 10.1. The minimum Gasteiger partial charge on any atom is -0.385 e. The molecule has 114 valence electrons. The molecule has 0 unspecified atom stereocenters. The highest BCUT2D eigenvalue weighted by Gasteiger charge is 2.22. The summed E-state index contributed by atoms with van der Waals surface area (Å²) < 4.78 is 0. The van der Waals surface area contributed by atoms with Crippen molar-refractivity contribution < 1.29 is 9.59 Å². The Balaban J connectivity index is 1.73. The zero-order valence-corrected chi connectivity index (χ0v) is 12.6. The van der Waals surface area contributed by atoms with Crippen LogP contribution in [0.1, 0.15) is 36.2 Å². The molecule has 2 amide bonds. The fourth-order valence-electron chi connectivity index (χ4n) is 1.90. The monoisotopic (exact) mass is 290 g/mol. The van der Waals surface area contributed by atoms with E-state index in [1.165, 1.54) is 4.90 Å². The highest BCUT2D eigenvalue weighted by Crippen LogP contribution is 2.18. The molecule has 1 aliphatic rings. The minimum atomic E-state index is -0.123. The number of rotatable bonds is 7. The van der Waals surface area contributed by atoms with Gasteiger partial charge in [-0.05, 0) is 31.4 Å². The van der Waals surface area contributed by atoms with Crippen LogP contribution in [0.5, 0.6) is 0 Å². The van der Waals surface area contributed by atoms with Gasteiger partial charge in [-0.1, -0.05) is 0 Å². The van der Waals surface area contributed by atoms with Crippen molar-refractivity contribution in [1.29, 1.82) is 0 Å². The third-order valence-corrected chi connectivity index (χ3v) is 3.24. The van der Waals surface area contributed by atoms with Crippen LogP contribution in [0.4, 0.5) is 5.69 Å². The predicted octanol–water partition coefficient (Wildman–Crippen LogP) is 1.25. The molecule has 21 heavy (non-hydrogen) atoms. The van der Waals surface area contributed by atoms with Crippen LogP contribution >= 0.6 is 0 Å². The molecule has 1 aromatic rings. The number of nitrogens with one attached hydrogen (secondary N) is 2. The summed E-state index contributed by atoms with van der Waals surface area (Å²) in [5.41, 5.74) is 1.26. The van der Waals surface area contributed by atoms with E-state index in [4.69, 9.17) is 0 Å². The summed E-state index contributed by atoms with van der Waals surface area (Å²) in [6.45, 7) is 0.692. The molecule has 0 bridgehead atoms. The van der Waals surface area contributed by atoms with E-state index >= 15 is 0 Å². The summed E-state index contributed by atoms with van der Waals surface area (Å²) in [5.74, 6) is -0.0000332. The Morgan fingerprint density at radius 1 is 1.38 bits per heavy atom. The van der Waals surface area contributed by atoms with E-state index in [9.17, 15) is 9.59 Å². The van der Waals surface area contributed by atoms with E-state index in [0.29, 0.717) is 24.7 Å². The lowest BCUT2D eigenvalue weighted by molar-refractivity contribution is -0.121. The number of anilines is 1. The Bertz CT molecular complexity index is 512. The molecule has 1 fully saturated rings. The molecule has 2 N–H and O–H groups in total. The van der Waals surface area contributed by atoms with Gasteiger partial charge < -0.3 is 15.5 Å². The largest absolute Gasteiger partial charge is 0.385 e. The van der Waals surface area contributed by atoms with Crippen LogP contribution in [0.25, 0.3) is 0 Å². The number of nitrogens with zero attached hydrogens (tertiary/aromatic N) is 2. The first-order valence-corrected chi connectivity index (χ1v) is 7.27. The second-order valence-electron chi connectivity index (χ2n) is 5.50. The van der Waals surface area contributed by atoms with Crippen molar-refractivity contribution in [2.24, 2.45) is 0 Å². The Labute approximate surface area is 124 Å². The molecule has 6 heteroatoms. The molecule has 0 radical (unpaired) electrons. The van der Waals surface area contributed by atoms with Gasteiger partial charge in [-0.25, -0.2) is 0 Å². The van der Waals surface area contributed by atoms with E-state index in [1.54, 1.807) is 26.4 Å². The van der Waals surface area contributed by atoms with Crippen molar-refractivity contribution in [2.45, 2.75) is 31.7 Å². The van der Waals surface area contributed by atoms with Crippen molar-refractivity contribution in [2.75, 3.05) is 26.0 Å². The van der Waals surface area contributed by atoms with E-state index < -0.39 is 0 Å². The molecule has 1 heterocycles. The van der Waals surface area contributed by atoms with Crippen molar-refractivity contribution in [3.63, 3.8) is 0 Å². The van der Waals surface area contributed by atoms with Gasteiger partial charge in [0.15, 0.2) is 0 Å². The molecule has 1 aliphatic carbocycles. The maximum Gasteiger partial charge on any atom is 0.272 e. The fourth-order valence-corrected chi connectivity index (χ4v) is 1.90. The standard InChI is InChI=1S/C15H22N4O2/c1-19(2)15(21)13-10-12(7-9-17-13)16-8-3-4-14(20)18-11-5-6-11/h7,9-11H,3-6,8H2,1-2H3,(H,16,17)(H,18,20). The van der Waals surface area contributed by atoms with Crippen LogP contribution in [0.3, 0.4) is 0 Å². The Morgan fingerprint density at radius 3 is 2.81 bits per heavy atom. The van der Waals surface area contributed by atoms with Gasteiger partial charge in [0.1, 0.15) is 5.69 Å². The number of aromatic nitrogens is 1. The van der Waals surface area contributed by atoms with E-state index in [1.807, 2.05) is 6.07 Å². The summed E-state index contributed by atoms with van der Waals surface area (Å²) >= 11 is 0. The van der Waals surface area contributed by atoms with E-state index in [2.05, 4.69) is 15.6 Å². The van der Waals surface area contributed by atoms with Gasteiger partial charge in [0, 0.05) is 45.0 Å². The minimum absolute atomic E-state index is 0.123. The number of pyridine rings is 1. The summed E-state index contributed by atoms with van der Waals surface area (Å²) in [7, 11) is 3.39. The average Bonchev–Trinajstić information content (AvgIpc) is 3.27. The van der Waals surface area contributed by atoms with Gasteiger partial charge in [-0.2, -0.15) is 0 Å². The Morgan fingerprint density at radius 2 is 2.14 bits per heavy atom. The lowest BCUT2D eigenvalue weighted by Gasteiger charge is -2.11. The van der Waals surface area contributed by atoms with Gasteiger partial charge in [0.25, 0.3) is 5.91 Å². The van der Waals surface area contributed by atoms with Crippen molar-refractivity contribution >= 4 is 17.5 Å². The third-order valence-electron chi connectivity index (χ3n) is 3.24. The van der Waals surface area contributed by atoms with Gasteiger partial charge in [-0.15, -0.1) is 0 Å². The maximum absolute atomic E-state index is 11.8. The van der Waals surface area contributed by atoms with Gasteiger partial charge >= 0.3 is 0 Å². The summed E-state index contributed by atoms with van der Waals surface area (Å²) in [5, 5.41) is 6.17. The average molecular weight is 290 g/mol. The normalized spacial score (nSPS) is 13.6. The van der Waals surface area contributed by atoms with Gasteiger partial charge in [0.2, 0.25) is 5.91 Å². The van der Waals surface area contributed by atoms with Crippen LogP contribution in [0, 0.1) is 0 Å². The number of carbonyl (C=O) groups is 2. The molecular weight excluding hydrogens is 268 g/mol. The lowest BCUT2D eigenvalue weighted by Crippen LogP contribution is -2.25. The summed E-state index contributed by atoms with van der Waals surface area (Å²) in [6.07, 6.45) is 5.13. The van der Waals surface area contributed by atoms with Gasteiger partial charge in [-0.3, -0.25) is 14.6 Å². The molecule has 1 aromatic heterocycles. The molecule has 0 saturated heterocycles. The fraction of sp³-hybridized carbons (Fsp3) is 0.533. The summed E-state index contributed by atoms with van der Waals surface area (Å²) in [6, 6.07) is 3.97. The SMILES string of the molecule is CN(C)C(=O)c1cc(NCCCC(=O)NC2CC2)ccn1. The number of amides is 2. The van der Waals surface area contributed by atoms with Crippen LogP contribution in [0.2, 0.25) is 0 Å². The molecule has 0 aromatic carbocycles. The maximum atomic E-state index is 11.8. The van der Waals surface area contributed by atoms with Crippen molar-refractivity contribution in [3.05, 3.63) is 24.0 Å². The van der Waals surface area contributed by atoms with Crippen molar-refractivity contribution in [3.8, 4) is 0 Å². The highest BCUT2D eigenvalue weighted by atomic mass is 16.2. The van der Waals surface area contributed by atoms with Gasteiger partial charge in [0.05, 0.1) is 0 Å². The van der Waals surface area contributed by atoms with Crippen LogP contribution in [-0.4, -0.2) is 48.4 Å². The molecule has 6 nitrogen and oxygen atoms in total. The molecule has 0 atom stereocenters. The topological polar surface area (TPSA) is 74.3 Å². The Hall–Kier alpha value is -2.11. The lowest BCUT2D eigenvalue weighted by atomic mass is 10.2. The Kier molecular flexibility index (Phi) is 5.14. The molecule has 2 rings (SSSR count). The predicted molar refractivity (Wildman–Crippen MR) is 81.1 cm³/mol. The second kappa shape index (κ2) is 7.06. The quantitative estimate of drug-likeness (QED) is 0.741. The molecule has 0 spiro atoms. The number of hydrogen-bond donors (Lipinski definition) is 2. The molecule has 1 saturated carbocycles. The smallest absolute Gasteiger partial charge is 0.272 e. The third kappa shape index (κ3) is 5.06. The van der Waals surface area contributed by atoms with E-state index in [-0.39, 0.29) is 11.8 Å². The first kappa shape index (κ1) is 15.3. The highest BCUT2D eigenvalue weighted by molar-refractivity contribution is 5.92. The molecule has 0 aliphatic heterocycles. The second-order valence-corrected chi connectivity index (χ2v) is 5.50. The molecular formula is C15H22N4O2. The zero-order chi connectivity index (χ0) is 15.2. The summed E-state index contributed by atoms with van der Waals surface area (Å²) in [4.78, 5) is 28.9. The van der Waals surface area contributed by atoms with Crippen molar-refractivity contribution in [1.82, 2.24) is 15.2 Å². The zero-order valence-electron chi connectivity index (χ0n) is 12.6. The van der Waals surface area contributed by atoms with Crippen LogP contribution in [0.15, 0.2) is 18.3 Å². The number of carbonyl (C=O) groups excluding carboxylic acids is 2. The van der Waals surface area contributed by atoms with Crippen LogP contribution < -0.4 is 10.6 Å². The first-order valence-electron chi connectivity index (χ1n) is 7.27. The number of hydrogen-bond acceptors (Lipinski definition) is 4. The van der Waals surface area contributed by atoms with E-state index in [0.717, 1.165) is 24.9 Å². The van der Waals surface area contributed by atoms with Crippen LogP contribution in [-0.2, 0) is 4.79 Å².